The first-order chi connectivity index (χ1) is 14.7. The van der Waals surface area contributed by atoms with Gasteiger partial charge in [0.1, 0.15) is 6.04 Å². The van der Waals surface area contributed by atoms with Crippen molar-refractivity contribution in [2.45, 2.75) is 12.1 Å². The number of para-hydroxylation sites is 1. The normalized spacial score (nSPS) is 18.4. The molecule has 0 amide bonds. The van der Waals surface area contributed by atoms with Crippen molar-refractivity contribution in [2.24, 2.45) is 0 Å². The van der Waals surface area contributed by atoms with Crippen LogP contribution in [0.1, 0.15) is 23.5 Å². The first kappa shape index (κ1) is 18.9. The Balaban J connectivity index is 1.67. The molecule has 1 fully saturated rings. The molecule has 0 bridgehead atoms. The maximum Gasteiger partial charge on any atom is 0.174 e. The van der Waals surface area contributed by atoms with Crippen molar-refractivity contribution in [1.82, 2.24) is 14.9 Å². The van der Waals surface area contributed by atoms with E-state index in [-0.39, 0.29) is 12.1 Å². The van der Waals surface area contributed by atoms with Gasteiger partial charge in [-0.25, -0.2) is 0 Å². The molecule has 2 atom stereocenters. The second-order valence-corrected chi connectivity index (χ2v) is 7.94. The minimum absolute atomic E-state index is 0.0798. The van der Waals surface area contributed by atoms with Crippen LogP contribution in [0, 0.1) is 0 Å². The van der Waals surface area contributed by atoms with Gasteiger partial charge in [-0.3, -0.25) is 4.98 Å². The summed E-state index contributed by atoms with van der Waals surface area (Å²) in [5, 5.41) is 4.89. The van der Waals surface area contributed by atoms with Crippen LogP contribution < -0.4 is 10.2 Å². The lowest BCUT2D eigenvalue weighted by Crippen LogP contribution is -2.30. The Morgan fingerprint density at radius 1 is 0.867 bits per heavy atom. The average molecular weight is 431 g/mol. The minimum Gasteiger partial charge on any atom is -0.351 e. The molecule has 5 rings (SSSR count). The number of pyridine rings is 1. The molecule has 1 N–H and O–H groups in total. The number of aromatic nitrogens is 2. The predicted octanol–water partition coefficient (Wildman–Crippen LogP) is 5.70. The fourth-order valence-electron chi connectivity index (χ4n) is 4.02. The SMILES string of the molecule is S=C1N[C@@H](c2ccccn2)[C@H](c2cccn2-c2cccc(Cl)c2)N1c1ccccc1. The van der Waals surface area contributed by atoms with Crippen LogP contribution in [-0.4, -0.2) is 14.7 Å². The zero-order valence-corrected chi connectivity index (χ0v) is 17.6. The Bertz CT molecular complexity index is 1180. The topological polar surface area (TPSA) is 33.1 Å². The van der Waals surface area contributed by atoms with Crippen molar-refractivity contribution in [1.29, 1.82) is 0 Å². The van der Waals surface area contributed by atoms with Crippen LogP contribution in [0.2, 0.25) is 5.02 Å². The monoisotopic (exact) mass is 430 g/mol. The van der Waals surface area contributed by atoms with Crippen molar-refractivity contribution in [2.75, 3.05) is 4.90 Å². The molecule has 4 nitrogen and oxygen atoms in total. The molecule has 0 spiro atoms. The molecule has 1 aliphatic rings. The third kappa shape index (κ3) is 3.36. The summed E-state index contributed by atoms with van der Waals surface area (Å²) >= 11 is 12.1. The lowest BCUT2D eigenvalue weighted by molar-refractivity contribution is 0.549. The lowest BCUT2D eigenvalue weighted by Gasteiger charge is -2.29. The van der Waals surface area contributed by atoms with Crippen LogP contribution in [0.4, 0.5) is 5.69 Å². The quantitative estimate of drug-likeness (QED) is 0.421. The van der Waals surface area contributed by atoms with E-state index in [4.69, 9.17) is 23.8 Å². The number of halogens is 1. The second kappa shape index (κ2) is 7.94. The van der Waals surface area contributed by atoms with Crippen molar-refractivity contribution in [3.8, 4) is 5.69 Å². The van der Waals surface area contributed by atoms with E-state index >= 15 is 0 Å². The molecule has 1 saturated heterocycles. The van der Waals surface area contributed by atoms with E-state index in [9.17, 15) is 0 Å². The van der Waals surface area contributed by atoms with Gasteiger partial charge in [0.25, 0.3) is 0 Å². The van der Waals surface area contributed by atoms with Crippen molar-refractivity contribution in [3.63, 3.8) is 0 Å². The third-order valence-electron chi connectivity index (χ3n) is 5.30. The highest BCUT2D eigenvalue weighted by atomic mass is 35.5. The van der Waals surface area contributed by atoms with Gasteiger partial charge in [-0.1, -0.05) is 41.9 Å². The molecule has 0 saturated carbocycles. The molecule has 0 unspecified atom stereocenters. The highest BCUT2D eigenvalue weighted by Gasteiger charge is 2.42. The summed E-state index contributed by atoms with van der Waals surface area (Å²) in [4.78, 5) is 6.79. The van der Waals surface area contributed by atoms with Crippen LogP contribution in [-0.2, 0) is 0 Å². The lowest BCUT2D eigenvalue weighted by atomic mass is 10.0. The van der Waals surface area contributed by atoms with Crippen LogP contribution in [0.25, 0.3) is 5.69 Å². The molecule has 4 aromatic rings. The standard InChI is InChI=1S/C24H19ClN4S/c25-17-8-6-11-19(16-17)28-15-7-13-21(28)23-22(20-12-4-5-14-26-20)27-24(30)29(23)18-9-2-1-3-10-18/h1-16,22-23H,(H,27,30)/t22-,23-/m0/s1. The minimum atomic E-state index is -0.0910. The van der Waals surface area contributed by atoms with Crippen LogP contribution in [0.5, 0.6) is 0 Å². The Hall–Kier alpha value is -3.15. The summed E-state index contributed by atoms with van der Waals surface area (Å²) in [5.74, 6) is 0. The van der Waals surface area contributed by atoms with Gasteiger partial charge in [-0.2, -0.15) is 0 Å². The molecular formula is C24H19ClN4S. The summed E-state index contributed by atoms with van der Waals surface area (Å²) in [7, 11) is 0. The molecule has 148 valence electrons. The fraction of sp³-hybridized carbons (Fsp3) is 0.0833. The molecule has 1 aliphatic heterocycles. The molecule has 6 heteroatoms. The van der Waals surface area contributed by atoms with E-state index < -0.39 is 0 Å². The zero-order chi connectivity index (χ0) is 20.5. The molecule has 30 heavy (non-hydrogen) atoms. The Kier molecular flexibility index (Phi) is 4.99. The molecule has 3 heterocycles. The van der Waals surface area contributed by atoms with Crippen molar-refractivity contribution in [3.05, 3.63) is 114 Å². The van der Waals surface area contributed by atoms with E-state index in [1.807, 2.05) is 60.8 Å². The maximum atomic E-state index is 6.28. The highest BCUT2D eigenvalue weighted by molar-refractivity contribution is 7.80. The molecule has 0 aliphatic carbocycles. The fourth-order valence-corrected chi connectivity index (χ4v) is 4.55. The van der Waals surface area contributed by atoms with E-state index in [0.29, 0.717) is 10.1 Å². The summed E-state index contributed by atoms with van der Waals surface area (Å²) in [6, 6.07) is 28.1. The van der Waals surface area contributed by atoms with E-state index in [1.54, 1.807) is 0 Å². The van der Waals surface area contributed by atoms with Gasteiger partial charge in [-0.15, -0.1) is 0 Å². The summed E-state index contributed by atoms with van der Waals surface area (Å²) in [6.07, 6.45) is 3.87. The van der Waals surface area contributed by atoms with Gasteiger partial charge in [0.05, 0.1) is 11.7 Å². The maximum absolute atomic E-state index is 6.28. The number of nitrogens with zero attached hydrogens (tertiary/aromatic N) is 3. The molecule has 2 aromatic heterocycles. The van der Waals surface area contributed by atoms with Gasteiger partial charge in [0.2, 0.25) is 0 Å². The summed E-state index contributed by atoms with van der Waals surface area (Å²) in [5.41, 5.74) is 4.09. The van der Waals surface area contributed by atoms with Crippen LogP contribution in [0.15, 0.2) is 97.3 Å². The molecule has 0 radical (unpaired) electrons. The third-order valence-corrected chi connectivity index (χ3v) is 5.85. The van der Waals surface area contributed by atoms with E-state index in [0.717, 1.165) is 22.8 Å². The van der Waals surface area contributed by atoms with Crippen LogP contribution >= 0.6 is 23.8 Å². The number of benzene rings is 2. The summed E-state index contributed by atoms with van der Waals surface area (Å²) < 4.78 is 2.16. The highest BCUT2D eigenvalue weighted by Crippen LogP contribution is 2.42. The van der Waals surface area contributed by atoms with Gasteiger partial charge in [-0.05, 0) is 66.8 Å². The Morgan fingerprint density at radius 2 is 1.67 bits per heavy atom. The number of anilines is 1. The average Bonchev–Trinajstić information content (AvgIpc) is 3.39. The largest absolute Gasteiger partial charge is 0.351 e. The van der Waals surface area contributed by atoms with Crippen molar-refractivity contribution >= 4 is 34.6 Å². The smallest absolute Gasteiger partial charge is 0.174 e. The number of hydrogen-bond acceptors (Lipinski definition) is 2. The van der Waals surface area contributed by atoms with E-state index in [2.05, 4.69) is 56.3 Å². The first-order valence-corrected chi connectivity index (χ1v) is 10.5. The number of rotatable bonds is 4. The summed E-state index contributed by atoms with van der Waals surface area (Å²) in [6.45, 7) is 0. The van der Waals surface area contributed by atoms with E-state index in [1.165, 1.54) is 0 Å². The Labute approximate surface area is 185 Å². The van der Waals surface area contributed by atoms with Gasteiger partial charge in [0.15, 0.2) is 5.11 Å². The van der Waals surface area contributed by atoms with Gasteiger partial charge >= 0.3 is 0 Å². The Morgan fingerprint density at radius 3 is 2.43 bits per heavy atom. The predicted molar refractivity (Wildman–Crippen MR) is 125 cm³/mol. The van der Waals surface area contributed by atoms with Crippen molar-refractivity contribution < 1.29 is 0 Å². The zero-order valence-electron chi connectivity index (χ0n) is 16.0. The number of hydrogen-bond donors (Lipinski definition) is 1. The first-order valence-electron chi connectivity index (χ1n) is 9.71. The molecular weight excluding hydrogens is 412 g/mol. The number of nitrogens with one attached hydrogen (secondary N) is 1. The van der Waals surface area contributed by atoms with Crippen LogP contribution in [0.3, 0.4) is 0 Å². The van der Waals surface area contributed by atoms with Gasteiger partial charge < -0.3 is 14.8 Å². The van der Waals surface area contributed by atoms with Gasteiger partial charge in [0, 0.05) is 34.5 Å². The second-order valence-electron chi connectivity index (χ2n) is 7.12. The number of thiocarbonyl (C=S) groups is 1. The molecule has 2 aromatic carbocycles.